The average molecular weight is 237 g/mol. The molecule has 0 heterocycles. The van der Waals surface area contributed by atoms with Crippen molar-refractivity contribution in [2.24, 2.45) is 11.7 Å². The lowest BCUT2D eigenvalue weighted by Crippen LogP contribution is -2.28. The standard InChI is InChI=1S/C14H23NS/c1-10(2)14(15)9-16-8-13-6-11(3)5-12(4)7-13/h5-7,10,14H,8-9,15H2,1-4H3. The molecule has 1 atom stereocenters. The number of hydrogen-bond donors (Lipinski definition) is 1. The number of benzene rings is 1. The first-order valence-corrected chi connectivity index (χ1v) is 7.05. The molecule has 1 aromatic rings. The van der Waals surface area contributed by atoms with E-state index in [2.05, 4.69) is 45.9 Å². The Morgan fingerprint density at radius 2 is 1.69 bits per heavy atom. The van der Waals surface area contributed by atoms with Crippen molar-refractivity contribution in [3.63, 3.8) is 0 Å². The number of hydrogen-bond acceptors (Lipinski definition) is 2. The van der Waals surface area contributed by atoms with Crippen LogP contribution in [0.4, 0.5) is 0 Å². The van der Waals surface area contributed by atoms with E-state index in [0.29, 0.717) is 12.0 Å². The van der Waals surface area contributed by atoms with Gasteiger partial charge >= 0.3 is 0 Å². The monoisotopic (exact) mass is 237 g/mol. The first kappa shape index (κ1) is 13.6. The number of rotatable bonds is 5. The smallest absolute Gasteiger partial charge is 0.0185 e. The largest absolute Gasteiger partial charge is 0.327 e. The van der Waals surface area contributed by atoms with Crippen molar-refractivity contribution in [1.82, 2.24) is 0 Å². The van der Waals surface area contributed by atoms with E-state index in [4.69, 9.17) is 5.73 Å². The van der Waals surface area contributed by atoms with Crippen molar-refractivity contribution >= 4 is 11.8 Å². The fraction of sp³-hybridized carbons (Fsp3) is 0.571. The van der Waals surface area contributed by atoms with Gasteiger partial charge in [-0.1, -0.05) is 43.2 Å². The third-order valence-corrected chi connectivity index (χ3v) is 3.87. The van der Waals surface area contributed by atoms with Crippen LogP contribution in [0.2, 0.25) is 0 Å². The van der Waals surface area contributed by atoms with Crippen LogP contribution in [0.3, 0.4) is 0 Å². The number of thioether (sulfide) groups is 1. The summed E-state index contributed by atoms with van der Waals surface area (Å²) in [5.74, 6) is 2.69. The van der Waals surface area contributed by atoms with Gasteiger partial charge in [-0.25, -0.2) is 0 Å². The van der Waals surface area contributed by atoms with Crippen LogP contribution >= 0.6 is 11.8 Å². The lowest BCUT2D eigenvalue weighted by molar-refractivity contribution is 0.535. The molecule has 1 unspecified atom stereocenters. The van der Waals surface area contributed by atoms with Crippen molar-refractivity contribution in [3.05, 3.63) is 34.9 Å². The van der Waals surface area contributed by atoms with E-state index in [9.17, 15) is 0 Å². The summed E-state index contributed by atoms with van der Waals surface area (Å²) in [5, 5.41) is 0. The second kappa shape index (κ2) is 6.31. The van der Waals surface area contributed by atoms with E-state index in [1.807, 2.05) is 11.8 Å². The van der Waals surface area contributed by atoms with Gasteiger partial charge in [0.05, 0.1) is 0 Å². The SMILES string of the molecule is Cc1cc(C)cc(CSCC(N)C(C)C)c1. The van der Waals surface area contributed by atoms with Crippen LogP contribution in [0, 0.1) is 19.8 Å². The van der Waals surface area contributed by atoms with Crippen molar-refractivity contribution in [3.8, 4) is 0 Å². The highest BCUT2D eigenvalue weighted by Crippen LogP contribution is 2.17. The molecule has 0 bridgehead atoms. The maximum Gasteiger partial charge on any atom is 0.0185 e. The van der Waals surface area contributed by atoms with E-state index in [0.717, 1.165) is 11.5 Å². The second-order valence-electron chi connectivity index (χ2n) is 4.92. The molecular formula is C14H23NS. The molecule has 90 valence electrons. The zero-order valence-corrected chi connectivity index (χ0v) is 11.6. The second-order valence-corrected chi connectivity index (χ2v) is 5.95. The molecule has 0 aromatic heterocycles. The predicted octanol–water partition coefficient (Wildman–Crippen LogP) is 3.52. The summed E-state index contributed by atoms with van der Waals surface area (Å²) in [5.41, 5.74) is 10.1. The predicted molar refractivity (Wildman–Crippen MR) is 74.9 cm³/mol. The van der Waals surface area contributed by atoms with Crippen LogP contribution in [0.15, 0.2) is 18.2 Å². The zero-order chi connectivity index (χ0) is 12.1. The molecule has 1 aromatic carbocycles. The summed E-state index contributed by atoms with van der Waals surface area (Å²) < 4.78 is 0. The van der Waals surface area contributed by atoms with Gasteiger partial charge < -0.3 is 5.73 Å². The molecule has 0 aliphatic rings. The molecule has 0 radical (unpaired) electrons. The molecule has 0 saturated carbocycles. The van der Waals surface area contributed by atoms with Gasteiger partial charge in [-0.3, -0.25) is 0 Å². The van der Waals surface area contributed by atoms with E-state index in [1.165, 1.54) is 16.7 Å². The summed E-state index contributed by atoms with van der Waals surface area (Å²) in [7, 11) is 0. The lowest BCUT2D eigenvalue weighted by Gasteiger charge is -2.15. The normalized spacial score (nSPS) is 13.1. The highest BCUT2D eigenvalue weighted by molar-refractivity contribution is 7.98. The average Bonchev–Trinajstić information content (AvgIpc) is 2.15. The van der Waals surface area contributed by atoms with Crippen LogP contribution in [0.1, 0.15) is 30.5 Å². The maximum absolute atomic E-state index is 6.02. The Kier molecular flexibility index (Phi) is 5.36. The molecule has 0 fully saturated rings. The minimum Gasteiger partial charge on any atom is -0.327 e. The fourth-order valence-corrected chi connectivity index (χ4v) is 2.83. The van der Waals surface area contributed by atoms with Gasteiger partial charge in [0.15, 0.2) is 0 Å². The quantitative estimate of drug-likeness (QED) is 0.848. The molecule has 1 rings (SSSR count). The molecule has 2 heteroatoms. The minimum absolute atomic E-state index is 0.316. The van der Waals surface area contributed by atoms with Crippen molar-refractivity contribution in [2.45, 2.75) is 39.5 Å². The van der Waals surface area contributed by atoms with Crippen LogP contribution in [-0.4, -0.2) is 11.8 Å². The molecular weight excluding hydrogens is 214 g/mol. The van der Waals surface area contributed by atoms with Crippen LogP contribution in [0.5, 0.6) is 0 Å². The molecule has 16 heavy (non-hydrogen) atoms. The third-order valence-electron chi connectivity index (χ3n) is 2.72. The van der Waals surface area contributed by atoms with E-state index in [1.54, 1.807) is 0 Å². The Morgan fingerprint density at radius 1 is 1.12 bits per heavy atom. The lowest BCUT2D eigenvalue weighted by atomic mass is 10.1. The van der Waals surface area contributed by atoms with Gasteiger partial charge in [-0.15, -0.1) is 0 Å². The van der Waals surface area contributed by atoms with Crippen LogP contribution in [-0.2, 0) is 5.75 Å². The summed E-state index contributed by atoms with van der Waals surface area (Å²) in [6.45, 7) is 8.67. The molecule has 1 nitrogen and oxygen atoms in total. The Bertz CT molecular complexity index is 313. The molecule has 0 aliphatic carbocycles. The Balaban J connectivity index is 2.43. The molecule has 0 aliphatic heterocycles. The summed E-state index contributed by atoms with van der Waals surface area (Å²) in [6, 6.07) is 7.06. The number of aryl methyl sites for hydroxylation is 2. The van der Waals surface area contributed by atoms with E-state index >= 15 is 0 Å². The Labute approximate surface area is 104 Å². The van der Waals surface area contributed by atoms with Crippen LogP contribution in [0.25, 0.3) is 0 Å². The third kappa shape index (κ3) is 4.58. The molecule has 0 spiro atoms. The van der Waals surface area contributed by atoms with Crippen LogP contribution < -0.4 is 5.73 Å². The zero-order valence-electron chi connectivity index (χ0n) is 10.8. The van der Waals surface area contributed by atoms with Gasteiger partial charge in [0.2, 0.25) is 0 Å². The maximum atomic E-state index is 6.02. The van der Waals surface area contributed by atoms with Gasteiger partial charge in [0.1, 0.15) is 0 Å². The van der Waals surface area contributed by atoms with Gasteiger partial charge in [0, 0.05) is 17.5 Å². The van der Waals surface area contributed by atoms with E-state index in [-0.39, 0.29) is 0 Å². The summed E-state index contributed by atoms with van der Waals surface area (Å²) in [4.78, 5) is 0. The Morgan fingerprint density at radius 3 is 2.19 bits per heavy atom. The van der Waals surface area contributed by atoms with Gasteiger partial charge in [0.25, 0.3) is 0 Å². The topological polar surface area (TPSA) is 26.0 Å². The summed E-state index contributed by atoms with van der Waals surface area (Å²) in [6.07, 6.45) is 0. The first-order valence-electron chi connectivity index (χ1n) is 5.89. The van der Waals surface area contributed by atoms with Gasteiger partial charge in [-0.2, -0.15) is 11.8 Å². The molecule has 0 saturated heterocycles. The first-order chi connectivity index (χ1) is 7.49. The van der Waals surface area contributed by atoms with E-state index < -0.39 is 0 Å². The van der Waals surface area contributed by atoms with Gasteiger partial charge in [-0.05, 0) is 25.3 Å². The van der Waals surface area contributed by atoms with Crippen molar-refractivity contribution < 1.29 is 0 Å². The number of nitrogens with two attached hydrogens (primary N) is 1. The molecule has 0 amide bonds. The highest BCUT2D eigenvalue weighted by atomic mass is 32.2. The Hall–Kier alpha value is -0.470. The van der Waals surface area contributed by atoms with Crippen molar-refractivity contribution in [2.75, 3.05) is 5.75 Å². The van der Waals surface area contributed by atoms with Crippen molar-refractivity contribution in [1.29, 1.82) is 0 Å². The highest BCUT2D eigenvalue weighted by Gasteiger charge is 2.07. The fourth-order valence-electron chi connectivity index (χ4n) is 1.66. The molecule has 2 N–H and O–H groups in total. The minimum atomic E-state index is 0.316. The summed E-state index contributed by atoms with van der Waals surface area (Å²) >= 11 is 1.94.